The van der Waals surface area contributed by atoms with Crippen molar-refractivity contribution < 1.29 is 18.7 Å². The van der Waals surface area contributed by atoms with Crippen molar-refractivity contribution in [2.45, 2.75) is 26.4 Å². The smallest absolute Gasteiger partial charge is 0.261 e. The van der Waals surface area contributed by atoms with E-state index in [9.17, 15) is 14.0 Å². The molecule has 2 amide bonds. The number of para-hydroxylation sites is 1. The van der Waals surface area contributed by atoms with Crippen LogP contribution in [0.4, 0.5) is 4.39 Å². The van der Waals surface area contributed by atoms with Crippen molar-refractivity contribution in [1.29, 1.82) is 0 Å². The molecule has 0 spiro atoms. The molecule has 0 fully saturated rings. The summed E-state index contributed by atoms with van der Waals surface area (Å²) in [6.45, 7) is 3.37. The molecule has 1 atom stereocenters. The minimum atomic E-state index is -0.802. The molecule has 28 heavy (non-hydrogen) atoms. The summed E-state index contributed by atoms with van der Waals surface area (Å²) in [4.78, 5) is 26.4. The Labute approximate surface area is 173 Å². The summed E-state index contributed by atoms with van der Waals surface area (Å²) in [6, 6.07) is 9.96. The van der Waals surface area contributed by atoms with E-state index in [1.165, 1.54) is 23.1 Å². The number of ether oxygens (including phenoxy) is 1. The van der Waals surface area contributed by atoms with Gasteiger partial charge in [0.1, 0.15) is 6.04 Å². The Hall–Kier alpha value is -2.31. The SMILES string of the molecule is CCNC(=O)[C@@H](C)N(Cc1c(Cl)cccc1Cl)C(=O)COc1ccccc1F. The first-order valence-electron chi connectivity index (χ1n) is 8.72. The van der Waals surface area contributed by atoms with E-state index < -0.39 is 24.4 Å². The van der Waals surface area contributed by atoms with Crippen molar-refractivity contribution in [3.05, 3.63) is 63.9 Å². The zero-order valence-electron chi connectivity index (χ0n) is 15.5. The van der Waals surface area contributed by atoms with Crippen LogP contribution in [0.15, 0.2) is 42.5 Å². The molecule has 5 nitrogen and oxygen atoms in total. The maximum Gasteiger partial charge on any atom is 0.261 e. The lowest BCUT2D eigenvalue weighted by molar-refractivity contribution is -0.142. The summed E-state index contributed by atoms with van der Waals surface area (Å²) in [6.07, 6.45) is 0. The normalized spacial score (nSPS) is 11.6. The van der Waals surface area contributed by atoms with Crippen molar-refractivity contribution in [1.82, 2.24) is 10.2 Å². The van der Waals surface area contributed by atoms with E-state index in [4.69, 9.17) is 27.9 Å². The van der Waals surface area contributed by atoms with Crippen LogP contribution in [-0.4, -0.2) is 35.9 Å². The van der Waals surface area contributed by atoms with Crippen LogP contribution in [0.3, 0.4) is 0 Å². The average molecular weight is 427 g/mol. The number of carbonyl (C=O) groups is 2. The van der Waals surface area contributed by atoms with Crippen LogP contribution in [0.2, 0.25) is 10.0 Å². The third kappa shape index (κ3) is 5.59. The molecule has 8 heteroatoms. The van der Waals surface area contributed by atoms with Gasteiger partial charge in [0.05, 0.1) is 0 Å². The van der Waals surface area contributed by atoms with Gasteiger partial charge in [-0.15, -0.1) is 0 Å². The highest BCUT2D eigenvalue weighted by atomic mass is 35.5. The molecule has 0 saturated heterocycles. The quantitative estimate of drug-likeness (QED) is 0.691. The van der Waals surface area contributed by atoms with Gasteiger partial charge < -0.3 is 15.0 Å². The van der Waals surface area contributed by atoms with Crippen molar-refractivity contribution in [2.75, 3.05) is 13.2 Å². The standard InChI is InChI=1S/C20H21Cl2FN2O3/c1-3-24-20(27)13(2)25(11-14-15(21)7-6-8-16(14)22)19(26)12-28-18-10-5-4-9-17(18)23/h4-10,13H,3,11-12H2,1-2H3,(H,24,27)/t13-/m1/s1. The lowest BCUT2D eigenvalue weighted by Gasteiger charge is -2.29. The third-order valence-corrected chi connectivity index (χ3v) is 4.80. The Bertz CT molecular complexity index is 828. The summed E-state index contributed by atoms with van der Waals surface area (Å²) < 4.78 is 19.0. The fraction of sp³-hybridized carbons (Fsp3) is 0.300. The van der Waals surface area contributed by atoms with Crippen molar-refractivity contribution >= 4 is 35.0 Å². The van der Waals surface area contributed by atoms with Gasteiger partial charge in [-0.25, -0.2) is 4.39 Å². The van der Waals surface area contributed by atoms with Crippen LogP contribution < -0.4 is 10.1 Å². The second-order valence-electron chi connectivity index (χ2n) is 6.01. The van der Waals surface area contributed by atoms with Gasteiger partial charge in [0, 0.05) is 28.7 Å². The second-order valence-corrected chi connectivity index (χ2v) is 6.83. The zero-order valence-corrected chi connectivity index (χ0v) is 17.1. The first kappa shape index (κ1) is 22.0. The summed E-state index contributed by atoms with van der Waals surface area (Å²) in [5, 5.41) is 3.44. The molecular weight excluding hydrogens is 406 g/mol. The fourth-order valence-electron chi connectivity index (χ4n) is 2.54. The predicted octanol–water partition coefficient (Wildman–Crippen LogP) is 4.06. The molecule has 0 heterocycles. The Morgan fingerprint density at radius 2 is 1.79 bits per heavy atom. The lowest BCUT2D eigenvalue weighted by Crippen LogP contribution is -2.49. The molecule has 150 valence electrons. The monoisotopic (exact) mass is 426 g/mol. The maximum atomic E-state index is 13.7. The fourth-order valence-corrected chi connectivity index (χ4v) is 3.06. The van der Waals surface area contributed by atoms with Gasteiger partial charge in [0.25, 0.3) is 5.91 Å². The Balaban J connectivity index is 2.23. The van der Waals surface area contributed by atoms with Crippen LogP contribution >= 0.6 is 23.2 Å². The minimum Gasteiger partial charge on any atom is -0.481 e. The van der Waals surface area contributed by atoms with Crippen molar-refractivity contribution in [3.8, 4) is 5.75 Å². The molecule has 0 aliphatic carbocycles. The zero-order chi connectivity index (χ0) is 20.7. The second kappa shape index (κ2) is 10.3. The lowest BCUT2D eigenvalue weighted by atomic mass is 10.1. The topological polar surface area (TPSA) is 58.6 Å². The highest BCUT2D eigenvalue weighted by Crippen LogP contribution is 2.26. The van der Waals surface area contributed by atoms with Gasteiger partial charge in [-0.2, -0.15) is 0 Å². The summed E-state index contributed by atoms with van der Waals surface area (Å²) in [5.74, 6) is -1.45. The van der Waals surface area contributed by atoms with Gasteiger partial charge in [-0.3, -0.25) is 9.59 Å². The number of hydrogen-bond donors (Lipinski definition) is 1. The van der Waals surface area contributed by atoms with Gasteiger partial charge >= 0.3 is 0 Å². The number of halogens is 3. The van der Waals surface area contributed by atoms with Gasteiger partial charge in [0.2, 0.25) is 5.91 Å². The van der Waals surface area contributed by atoms with Gasteiger partial charge in [-0.05, 0) is 38.1 Å². The molecule has 0 aliphatic heterocycles. The molecular formula is C20H21Cl2FN2O3. The summed E-state index contributed by atoms with van der Waals surface area (Å²) >= 11 is 12.4. The van der Waals surface area contributed by atoms with Crippen LogP contribution in [-0.2, 0) is 16.1 Å². The number of likely N-dealkylation sites (N-methyl/N-ethyl adjacent to an activating group) is 1. The van der Waals surface area contributed by atoms with E-state index in [-0.39, 0.29) is 18.2 Å². The molecule has 0 aliphatic rings. The summed E-state index contributed by atoms with van der Waals surface area (Å²) in [7, 11) is 0. The Kier molecular flexibility index (Phi) is 8.08. The van der Waals surface area contributed by atoms with E-state index in [2.05, 4.69) is 5.32 Å². The number of rotatable bonds is 8. The number of nitrogens with one attached hydrogen (secondary N) is 1. The van der Waals surface area contributed by atoms with E-state index in [1.807, 2.05) is 0 Å². The molecule has 2 rings (SSSR count). The molecule has 2 aromatic rings. The molecule has 0 saturated carbocycles. The first-order chi connectivity index (χ1) is 13.3. The van der Waals surface area contributed by atoms with Crippen LogP contribution in [0, 0.1) is 5.82 Å². The first-order valence-corrected chi connectivity index (χ1v) is 9.48. The van der Waals surface area contributed by atoms with Crippen molar-refractivity contribution in [3.63, 3.8) is 0 Å². The Morgan fingerprint density at radius 3 is 2.39 bits per heavy atom. The number of hydrogen-bond acceptors (Lipinski definition) is 3. The van der Waals surface area contributed by atoms with E-state index in [0.717, 1.165) is 0 Å². The molecule has 2 aromatic carbocycles. The molecule has 0 bridgehead atoms. The number of benzene rings is 2. The van der Waals surface area contributed by atoms with E-state index in [1.54, 1.807) is 38.1 Å². The maximum absolute atomic E-state index is 13.7. The number of carbonyl (C=O) groups excluding carboxylic acids is 2. The van der Waals surface area contributed by atoms with Crippen LogP contribution in [0.5, 0.6) is 5.75 Å². The van der Waals surface area contributed by atoms with Gasteiger partial charge in [0.15, 0.2) is 18.2 Å². The Morgan fingerprint density at radius 1 is 1.14 bits per heavy atom. The largest absolute Gasteiger partial charge is 0.481 e. The van der Waals surface area contributed by atoms with E-state index in [0.29, 0.717) is 22.2 Å². The highest BCUT2D eigenvalue weighted by Gasteiger charge is 2.27. The molecule has 0 radical (unpaired) electrons. The van der Waals surface area contributed by atoms with Crippen LogP contribution in [0.1, 0.15) is 19.4 Å². The van der Waals surface area contributed by atoms with Gasteiger partial charge in [-0.1, -0.05) is 41.4 Å². The minimum absolute atomic E-state index is 0.0102. The van der Waals surface area contributed by atoms with Crippen LogP contribution in [0.25, 0.3) is 0 Å². The average Bonchev–Trinajstić information content (AvgIpc) is 2.66. The highest BCUT2D eigenvalue weighted by molar-refractivity contribution is 6.36. The summed E-state index contributed by atoms with van der Waals surface area (Å²) in [5.41, 5.74) is 0.515. The number of nitrogens with zero attached hydrogens (tertiary/aromatic N) is 1. The number of amides is 2. The van der Waals surface area contributed by atoms with Crippen molar-refractivity contribution in [2.24, 2.45) is 0 Å². The molecule has 0 aromatic heterocycles. The third-order valence-electron chi connectivity index (χ3n) is 4.10. The molecule has 0 unspecified atom stereocenters. The molecule has 1 N–H and O–H groups in total. The predicted molar refractivity (Wildman–Crippen MR) is 107 cm³/mol. The van der Waals surface area contributed by atoms with E-state index >= 15 is 0 Å².